The Kier molecular flexibility index (Phi) is 9.87. The smallest absolute Gasteiger partial charge is 0.404 e. The Hall–Kier alpha value is -4.02. The number of nitrogens with zero attached hydrogens (tertiary/aromatic N) is 2. The molecule has 0 radical (unpaired) electrons. The van der Waals surface area contributed by atoms with Gasteiger partial charge in [0, 0.05) is 17.9 Å². The first-order valence-electron chi connectivity index (χ1n) is 18.4. The number of hydrogen-bond acceptors (Lipinski definition) is 8. The molecule has 11 nitrogen and oxygen atoms in total. The number of carbonyl (C=O) groups excluding carboxylic acids is 2. The van der Waals surface area contributed by atoms with Crippen molar-refractivity contribution in [3.8, 4) is 0 Å². The van der Waals surface area contributed by atoms with Gasteiger partial charge in [-0.15, -0.1) is 11.8 Å². The lowest BCUT2D eigenvalue weighted by Gasteiger charge is -2.64. The Morgan fingerprint density at radius 1 is 1.09 bits per heavy atom. The largest absolute Gasteiger partial charge is 0.481 e. The van der Waals surface area contributed by atoms with Crippen molar-refractivity contribution in [1.82, 2.24) is 20.2 Å². The summed E-state index contributed by atoms with van der Waals surface area (Å²) < 4.78 is 54.6. The Bertz CT molecular complexity index is 2020. The summed E-state index contributed by atoms with van der Waals surface area (Å²) >= 11 is 1.47. The highest BCUT2D eigenvalue weighted by atomic mass is 32.2. The number of alkyl halides is 3. The number of thioether (sulfide) groups is 1. The molecule has 3 heterocycles. The van der Waals surface area contributed by atoms with Crippen LogP contribution in [0.5, 0.6) is 0 Å². The average Bonchev–Trinajstić information content (AvgIpc) is 3.64. The average molecular weight is 767 g/mol. The first kappa shape index (κ1) is 38.3. The van der Waals surface area contributed by atoms with Crippen molar-refractivity contribution >= 4 is 42.2 Å². The second kappa shape index (κ2) is 13.9. The zero-order chi connectivity index (χ0) is 38.8. The Balaban J connectivity index is 1.15. The molecule has 0 spiro atoms. The first-order chi connectivity index (χ1) is 25.5. The lowest BCUT2D eigenvalue weighted by Crippen LogP contribution is -2.65. The summed E-state index contributed by atoms with van der Waals surface area (Å²) in [6, 6.07) is 10.5. The van der Waals surface area contributed by atoms with Gasteiger partial charge in [-0.3, -0.25) is 14.2 Å². The van der Waals surface area contributed by atoms with E-state index in [-0.39, 0.29) is 36.0 Å². The minimum absolute atomic E-state index is 0.00313. The van der Waals surface area contributed by atoms with E-state index in [2.05, 4.69) is 47.0 Å². The van der Waals surface area contributed by atoms with Gasteiger partial charge >= 0.3 is 19.3 Å². The SMILES string of the molecule is CC[C@H](NC(=O)[C@@H]1C[C@@](C)(NC(=O)Nc2ccccc2SC)c2ncc(NCc3cccc(C(F)(F)F)c3)c(=O)n21)B1O[C@@H]2C[C@@H]3C[C@@H](C3(C)C)[C@]2(C)O1. The van der Waals surface area contributed by atoms with Crippen LogP contribution < -0.4 is 26.8 Å². The number of aromatic nitrogens is 2. The second-order valence-corrected chi connectivity index (χ2v) is 16.8. The lowest BCUT2D eigenvalue weighted by atomic mass is 9.43. The van der Waals surface area contributed by atoms with E-state index >= 15 is 0 Å². The van der Waals surface area contributed by atoms with Crippen LogP contribution in [0.1, 0.15) is 83.3 Å². The molecule has 54 heavy (non-hydrogen) atoms. The molecule has 2 bridgehead atoms. The number of halogens is 3. The van der Waals surface area contributed by atoms with E-state index in [1.807, 2.05) is 25.3 Å². The van der Waals surface area contributed by atoms with Crippen LogP contribution in [0.3, 0.4) is 0 Å². The number of anilines is 2. The van der Waals surface area contributed by atoms with Gasteiger partial charge in [-0.1, -0.05) is 45.0 Å². The van der Waals surface area contributed by atoms with Gasteiger partial charge in [0.2, 0.25) is 5.91 Å². The number of amides is 3. The van der Waals surface area contributed by atoms with Crippen molar-refractivity contribution in [3.63, 3.8) is 0 Å². The third-order valence-electron chi connectivity index (χ3n) is 12.2. The van der Waals surface area contributed by atoms with Crippen molar-refractivity contribution in [1.29, 1.82) is 0 Å². The fraction of sp³-hybridized carbons (Fsp3) is 0.526. The molecule has 2 aliphatic heterocycles. The fourth-order valence-corrected chi connectivity index (χ4v) is 9.65. The molecule has 3 aliphatic carbocycles. The molecule has 16 heteroatoms. The maximum Gasteiger partial charge on any atom is 0.481 e. The Labute approximate surface area is 317 Å². The van der Waals surface area contributed by atoms with Gasteiger partial charge in [0.05, 0.1) is 40.6 Å². The number of nitrogens with one attached hydrogen (secondary N) is 4. The summed E-state index contributed by atoms with van der Waals surface area (Å²) in [5.74, 6) is 0.0479. The van der Waals surface area contributed by atoms with Crippen LogP contribution >= 0.6 is 11.8 Å². The number of carbonyl (C=O) groups is 2. The van der Waals surface area contributed by atoms with Crippen LogP contribution in [0.15, 0.2) is 64.4 Å². The van der Waals surface area contributed by atoms with Crippen molar-refractivity contribution in [3.05, 3.63) is 82.0 Å². The Morgan fingerprint density at radius 3 is 2.56 bits per heavy atom. The molecule has 4 N–H and O–H groups in total. The molecule has 3 amide bonds. The zero-order valence-electron chi connectivity index (χ0n) is 31.2. The van der Waals surface area contributed by atoms with Gasteiger partial charge in [-0.05, 0) is 86.4 Å². The van der Waals surface area contributed by atoms with E-state index in [0.717, 1.165) is 29.9 Å². The molecular weight excluding hydrogens is 720 g/mol. The van der Waals surface area contributed by atoms with Gasteiger partial charge < -0.3 is 30.6 Å². The molecule has 1 saturated heterocycles. The number of hydrogen-bond donors (Lipinski definition) is 4. The highest BCUT2D eigenvalue weighted by Gasteiger charge is 2.68. The second-order valence-electron chi connectivity index (χ2n) is 15.9. The van der Waals surface area contributed by atoms with E-state index in [0.29, 0.717) is 29.5 Å². The van der Waals surface area contributed by atoms with Gasteiger partial charge in [0.15, 0.2) is 0 Å². The van der Waals surface area contributed by atoms with Crippen LogP contribution in [0.25, 0.3) is 0 Å². The van der Waals surface area contributed by atoms with Crippen LogP contribution in [0.4, 0.5) is 29.3 Å². The Morgan fingerprint density at radius 2 is 1.85 bits per heavy atom. The summed E-state index contributed by atoms with van der Waals surface area (Å²) in [6.45, 7) is 10.2. The van der Waals surface area contributed by atoms with E-state index in [9.17, 15) is 27.6 Å². The zero-order valence-corrected chi connectivity index (χ0v) is 32.0. The molecule has 7 atom stereocenters. The van der Waals surface area contributed by atoms with Gasteiger partial charge in [0.25, 0.3) is 5.56 Å². The highest BCUT2D eigenvalue weighted by Crippen LogP contribution is 2.65. The minimum Gasteiger partial charge on any atom is -0.404 e. The molecule has 0 unspecified atom stereocenters. The molecule has 288 valence electrons. The molecule has 3 saturated carbocycles. The number of rotatable bonds is 10. The van der Waals surface area contributed by atoms with Gasteiger partial charge in [0.1, 0.15) is 17.6 Å². The molecule has 8 rings (SSSR count). The molecule has 1 aromatic heterocycles. The van der Waals surface area contributed by atoms with Crippen LogP contribution in [-0.2, 0) is 32.4 Å². The first-order valence-corrected chi connectivity index (χ1v) is 19.6. The summed E-state index contributed by atoms with van der Waals surface area (Å²) in [7, 11) is -0.688. The van der Waals surface area contributed by atoms with Crippen LogP contribution in [-0.4, -0.2) is 52.5 Å². The number of para-hydroxylation sites is 1. The lowest BCUT2D eigenvalue weighted by molar-refractivity contribution is -0.199. The minimum atomic E-state index is -4.52. The molecule has 2 aromatic carbocycles. The highest BCUT2D eigenvalue weighted by molar-refractivity contribution is 7.98. The quantitative estimate of drug-likeness (QED) is 0.132. The van der Waals surface area contributed by atoms with Crippen molar-refractivity contribution in [2.24, 2.45) is 17.3 Å². The van der Waals surface area contributed by atoms with E-state index < -0.39 is 59.5 Å². The number of fused-ring (bicyclic) bond motifs is 1. The maximum absolute atomic E-state index is 14.4. The number of benzene rings is 2. The van der Waals surface area contributed by atoms with Gasteiger partial charge in [-0.25, -0.2) is 9.78 Å². The topological polar surface area (TPSA) is 136 Å². The molecular formula is C38H46BF3N6O5S. The van der Waals surface area contributed by atoms with Gasteiger partial charge in [-0.2, -0.15) is 13.2 Å². The third-order valence-corrected chi connectivity index (χ3v) is 13.0. The molecule has 3 aromatic rings. The number of urea groups is 1. The van der Waals surface area contributed by atoms with Crippen LogP contribution in [0.2, 0.25) is 0 Å². The molecule has 4 fully saturated rings. The summed E-state index contributed by atoms with van der Waals surface area (Å²) in [5.41, 5.74) is -2.13. The monoisotopic (exact) mass is 766 g/mol. The molecule has 5 aliphatic rings. The van der Waals surface area contributed by atoms with Crippen molar-refractivity contribution < 1.29 is 32.1 Å². The fourth-order valence-electron chi connectivity index (χ4n) is 9.09. The predicted molar refractivity (Wildman–Crippen MR) is 201 cm³/mol. The standard InChI is InChI=1S/C38H46BF3N6O5S/c1-7-30(39-52-29-17-23-16-28(35(23,2)3)37(29,5)53-39)46-31(49)26-18-36(4,47-34(51)45-24-13-8-9-14-27(24)54-6)33-44-20-25(32(50)48(26)33)43-19-21-11-10-12-22(15-21)38(40,41)42/h8-15,20,23,26,28-30,43H,7,16-19H2,1-6H3,(H,46,49)(H2,45,47,51)/t23-,26-,28-,29+,30-,36+,37-/m0/s1. The summed E-state index contributed by atoms with van der Waals surface area (Å²) in [4.78, 5) is 47.5. The van der Waals surface area contributed by atoms with E-state index in [1.54, 1.807) is 19.1 Å². The van der Waals surface area contributed by atoms with Crippen LogP contribution in [0, 0.1) is 17.3 Å². The summed E-state index contributed by atoms with van der Waals surface area (Å²) in [5, 5.41) is 11.9. The maximum atomic E-state index is 14.4. The van der Waals surface area contributed by atoms with Crippen molar-refractivity contribution in [2.75, 3.05) is 16.9 Å². The summed E-state index contributed by atoms with van der Waals surface area (Å²) in [6.07, 6.45) is 1.04. The third kappa shape index (κ3) is 6.67. The predicted octanol–water partition coefficient (Wildman–Crippen LogP) is 6.74. The van der Waals surface area contributed by atoms with E-state index in [1.165, 1.54) is 34.7 Å². The normalized spacial score (nSPS) is 28.4. The van der Waals surface area contributed by atoms with E-state index in [4.69, 9.17) is 9.31 Å². The van der Waals surface area contributed by atoms with Crippen molar-refractivity contribution in [2.45, 2.75) is 107 Å².